The van der Waals surface area contributed by atoms with Crippen molar-refractivity contribution in [2.45, 2.75) is 44.3 Å². The number of rotatable bonds is 6. The van der Waals surface area contributed by atoms with Crippen molar-refractivity contribution in [3.8, 4) is 0 Å². The Morgan fingerprint density at radius 2 is 2.06 bits per heavy atom. The van der Waals surface area contributed by atoms with Crippen molar-refractivity contribution in [1.29, 1.82) is 0 Å². The van der Waals surface area contributed by atoms with Gasteiger partial charge in [0, 0.05) is 31.2 Å². The van der Waals surface area contributed by atoms with Crippen LogP contribution in [0.25, 0.3) is 20.4 Å². The van der Waals surface area contributed by atoms with Crippen molar-refractivity contribution in [2.24, 2.45) is 5.92 Å². The number of piperidine rings is 1. The van der Waals surface area contributed by atoms with Crippen LogP contribution in [0.5, 0.6) is 0 Å². The van der Waals surface area contributed by atoms with Gasteiger partial charge in [-0.3, -0.25) is 14.2 Å². The molecule has 6 nitrogen and oxygen atoms in total. The maximum Gasteiger partial charge on any atom is 0.272 e. The van der Waals surface area contributed by atoms with Gasteiger partial charge in [0.25, 0.3) is 5.56 Å². The number of hydrogen-bond acceptors (Lipinski definition) is 6. The van der Waals surface area contributed by atoms with Crippen LogP contribution in [0.2, 0.25) is 0 Å². The number of likely N-dealkylation sites (tertiary alicyclic amines) is 1. The maximum atomic E-state index is 13.7. The van der Waals surface area contributed by atoms with E-state index in [-0.39, 0.29) is 23.1 Å². The molecule has 1 aliphatic heterocycles. The first-order valence-electron chi connectivity index (χ1n) is 11.7. The van der Waals surface area contributed by atoms with Gasteiger partial charge >= 0.3 is 0 Å². The smallest absolute Gasteiger partial charge is 0.272 e. The highest BCUT2D eigenvalue weighted by molar-refractivity contribution is 7.99. The van der Waals surface area contributed by atoms with Crippen molar-refractivity contribution in [2.75, 3.05) is 18.8 Å². The van der Waals surface area contributed by atoms with E-state index in [0.717, 1.165) is 29.7 Å². The van der Waals surface area contributed by atoms with Crippen LogP contribution in [-0.4, -0.2) is 44.2 Å². The lowest BCUT2D eigenvalue weighted by atomic mass is 10.0. The average Bonchev–Trinajstić information content (AvgIpc) is 3.24. The average molecular weight is 493 g/mol. The normalized spacial score (nSPS) is 17.4. The van der Waals surface area contributed by atoms with Gasteiger partial charge in [0.1, 0.15) is 9.53 Å². The van der Waals surface area contributed by atoms with Crippen LogP contribution in [0.3, 0.4) is 0 Å². The zero-order valence-electron chi connectivity index (χ0n) is 19.4. The summed E-state index contributed by atoms with van der Waals surface area (Å²) in [6.07, 6.45) is 3.96. The molecule has 0 N–H and O–H groups in total. The molecule has 1 aliphatic rings. The van der Waals surface area contributed by atoms with E-state index in [1.54, 1.807) is 10.8 Å². The lowest BCUT2D eigenvalue weighted by Crippen LogP contribution is -2.40. The summed E-state index contributed by atoms with van der Waals surface area (Å²) in [7, 11) is 0. The summed E-state index contributed by atoms with van der Waals surface area (Å²) in [6.45, 7) is 6.44. The summed E-state index contributed by atoms with van der Waals surface area (Å²) < 4.78 is 2.38. The van der Waals surface area contributed by atoms with Crippen LogP contribution in [0.4, 0.5) is 0 Å². The van der Waals surface area contributed by atoms with Gasteiger partial charge in [-0.2, -0.15) is 0 Å². The Morgan fingerprint density at radius 1 is 1.24 bits per heavy atom. The second-order valence-electron chi connectivity index (χ2n) is 9.13. The largest absolute Gasteiger partial charge is 0.342 e. The van der Waals surface area contributed by atoms with Crippen LogP contribution in [-0.2, 0) is 11.3 Å². The molecule has 3 aromatic heterocycles. The molecular formula is C26H28N4O2S2. The molecule has 2 atom stereocenters. The van der Waals surface area contributed by atoms with Crippen molar-refractivity contribution in [1.82, 2.24) is 19.4 Å². The zero-order valence-corrected chi connectivity index (χ0v) is 21.1. The van der Waals surface area contributed by atoms with Crippen LogP contribution in [0.15, 0.2) is 58.6 Å². The van der Waals surface area contributed by atoms with Crippen molar-refractivity contribution < 1.29 is 4.79 Å². The standard InChI is InChI=1S/C26H28N4O2S2/c1-17-8-7-13-29(14-17)21(31)16-33-26-28-22-20-11-6-12-27-24(20)34-23(22)25(32)30(26)15-18(2)19-9-4-3-5-10-19/h3-6,9-12,17-18H,7-8,13-16H2,1-2H3/t17-,18-/m1/s1. The van der Waals surface area contributed by atoms with Crippen LogP contribution < -0.4 is 5.56 Å². The highest BCUT2D eigenvalue weighted by atomic mass is 32.2. The van der Waals surface area contributed by atoms with Gasteiger partial charge in [-0.25, -0.2) is 9.97 Å². The van der Waals surface area contributed by atoms with Gasteiger partial charge in [0.05, 0.1) is 11.3 Å². The summed E-state index contributed by atoms with van der Waals surface area (Å²) in [4.78, 5) is 38.8. The topological polar surface area (TPSA) is 68.1 Å². The number of fused-ring (bicyclic) bond motifs is 3. The summed E-state index contributed by atoms with van der Waals surface area (Å²) in [5.41, 5.74) is 1.79. The molecule has 0 saturated carbocycles. The fourth-order valence-corrected chi connectivity index (χ4v) is 6.54. The minimum atomic E-state index is -0.0580. The highest BCUT2D eigenvalue weighted by Gasteiger charge is 2.23. The first-order valence-corrected chi connectivity index (χ1v) is 13.5. The number of carbonyl (C=O) groups is 1. The number of carbonyl (C=O) groups excluding carboxylic acids is 1. The fraction of sp³-hybridized carbons (Fsp3) is 0.385. The van der Waals surface area contributed by atoms with Gasteiger partial charge in [-0.1, -0.05) is 55.9 Å². The molecule has 8 heteroatoms. The number of nitrogens with zero attached hydrogens (tertiary/aromatic N) is 4. The molecule has 34 heavy (non-hydrogen) atoms. The summed E-state index contributed by atoms with van der Waals surface area (Å²) in [6, 6.07) is 14.0. The number of pyridine rings is 1. The minimum absolute atomic E-state index is 0.0580. The van der Waals surface area contributed by atoms with Gasteiger partial charge in [-0.15, -0.1) is 11.3 Å². The molecule has 0 radical (unpaired) electrons. The van der Waals surface area contributed by atoms with Crippen molar-refractivity contribution in [3.05, 3.63) is 64.6 Å². The molecule has 4 aromatic rings. The first kappa shape index (κ1) is 23.1. The summed E-state index contributed by atoms with van der Waals surface area (Å²) in [5.74, 6) is 1.06. The number of thiophene rings is 1. The highest BCUT2D eigenvalue weighted by Crippen LogP contribution is 2.31. The third kappa shape index (κ3) is 4.61. The second kappa shape index (κ2) is 9.88. The molecule has 0 spiro atoms. The predicted octanol–water partition coefficient (Wildman–Crippen LogP) is 5.16. The SMILES string of the molecule is C[C@@H]1CCCN(C(=O)CSc2nc3c(sc4ncccc43)c(=O)n2C[C@@H](C)c2ccccc2)C1. The number of thioether (sulfide) groups is 1. The van der Waals surface area contributed by atoms with E-state index in [9.17, 15) is 9.59 Å². The fourth-order valence-electron chi connectivity index (χ4n) is 4.61. The number of benzene rings is 1. The minimum Gasteiger partial charge on any atom is -0.342 e. The van der Waals surface area contributed by atoms with Crippen LogP contribution >= 0.6 is 23.1 Å². The van der Waals surface area contributed by atoms with E-state index >= 15 is 0 Å². The van der Waals surface area contributed by atoms with Crippen LogP contribution in [0.1, 0.15) is 38.2 Å². The van der Waals surface area contributed by atoms with Crippen molar-refractivity contribution >= 4 is 49.4 Å². The molecule has 4 heterocycles. The van der Waals surface area contributed by atoms with Crippen LogP contribution in [0, 0.1) is 5.92 Å². The molecule has 0 unspecified atom stereocenters. The van der Waals surface area contributed by atoms with Crippen molar-refractivity contribution in [3.63, 3.8) is 0 Å². The van der Waals surface area contributed by atoms with Gasteiger partial charge < -0.3 is 4.90 Å². The third-order valence-electron chi connectivity index (χ3n) is 6.48. The molecule has 1 aromatic carbocycles. The Morgan fingerprint density at radius 3 is 2.85 bits per heavy atom. The molecule has 1 amide bonds. The van der Waals surface area contributed by atoms with E-state index in [2.05, 4.69) is 31.0 Å². The number of amides is 1. The first-order chi connectivity index (χ1) is 16.5. The monoisotopic (exact) mass is 492 g/mol. The zero-order chi connectivity index (χ0) is 23.7. The maximum absolute atomic E-state index is 13.7. The molecule has 176 valence electrons. The third-order valence-corrected chi connectivity index (χ3v) is 8.53. The molecule has 1 fully saturated rings. The Hall–Kier alpha value is -2.71. The van der Waals surface area contributed by atoms with Gasteiger partial charge in [0.2, 0.25) is 5.91 Å². The van der Waals surface area contributed by atoms with E-state index in [1.165, 1.54) is 35.1 Å². The quantitative estimate of drug-likeness (QED) is 0.275. The van der Waals surface area contributed by atoms with E-state index in [0.29, 0.717) is 27.8 Å². The number of aromatic nitrogens is 3. The summed E-state index contributed by atoms with van der Waals surface area (Å²) in [5, 5.41) is 1.49. The Kier molecular flexibility index (Phi) is 6.70. The summed E-state index contributed by atoms with van der Waals surface area (Å²) >= 11 is 2.76. The molecule has 0 aliphatic carbocycles. The predicted molar refractivity (Wildman–Crippen MR) is 140 cm³/mol. The van der Waals surface area contributed by atoms with E-state index in [1.807, 2.05) is 35.2 Å². The number of hydrogen-bond donors (Lipinski definition) is 0. The Labute approximate surface area is 207 Å². The molecular weight excluding hydrogens is 464 g/mol. The Balaban J connectivity index is 1.51. The van der Waals surface area contributed by atoms with Gasteiger partial charge in [-0.05, 0) is 42.4 Å². The van der Waals surface area contributed by atoms with Gasteiger partial charge in [0.15, 0.2) is 5.16 Å². The van der Waals surface area contributed by atoms with E-state index < -0.39 is 0 Å². The molecule has 5 rings (SSSR count). The lowest BCUT2D eigenvalue weighted by molar-refractivity contribution is -0.130. The Bertz CT molecular complexity index is 1380. The molecule has 0 bridgehead atoms. The van der Waals surface area contributed by atoms with E-state index in [4.69, 9.17) is 4.98 Å². The second-order valence-corrected chi connectivity index (χ2v) is 11.1. The molecule has 1 saturated heterocycles. The lowest BCUT2D eigenvalue weighted by Gasteiger charge is -2.30.